The number of rotatable bonds is 6. The van der Waals surface area contributed by atoms with Gasteiger partial charge < -0.3 is 14.9 Å². The fourth-order valence-corrected chi connectivity index (χ4v) is 5.16. The minimum atomic E-state index is -0.181. The summed E-state index contributed by atoms with van der Waals surface area (Å²) in [5.74, 6) is 0.149. The number of H-pyrrole nitrogens is 1. The fraction of sp³-hybridized carbons (Fsp3) is 0.318. The lowest BCUT2D eigenvalue weighted by atomic mass is 9.93. The molecule has 1 aromatic heterocycles. The Morgan fingerprint density at radius 1 is 1.24 bits per heavy atom. The van der Waals surface area contributed by atoms with E-state index < -0.39 is 0 Å². The molecule has 3 nitrogen and oxygen atoms in total. The third-order valence-corrected chi connectivity index (χ3v) is 6.69. The van der Waals surface area contributed by atoms with Gasteiger partial charge in [0.25, 0.3) is 0 Å². The van der Waals surface area contributed by atoms with Crippen LogP contribution in [0.1, 0.15) is 34.9 Å². The number of nitrogens with zero attached hydrogens (tertiary/aromatic N) is 1. The summed E-state index contributed by atoms with van der Waals surface area (Å²) < 4.78 is 17.4. The molecular formula is C22H22ClF2N3S. The predicted octanol–water partition coefficient (Wildman–Crippen LogP) is 5.26. The summed E-state index contributed by atoms with van der Waals surface area (Å²) in [6.45, 7) is 2.44. The molecule has 2 aromatic carbocycles. The van der Waals surface area contributed by atoms with Gasteiger partial charge in [0, 0.05) is 53.8 Å². The molecule has 1 fully saturated rings. The van der Waals surface area contributed by atoms with Crippen molar-refractivity contribution < 1.29 is 9.09 Å². The van der Waals surface area contributed by atoms with E-state index in [1.807, 2.05) is 6.07 Å². The zero-order valence-corrected chi connectivity index (χ0v) is 17.3. The van der Waals surface area contributed by atoms with Crippen LogP contribution in [-0.2, 0) is 24.9 Å². The highest BCUT2D eigenvalue weighted by molar-refractivity contribution is 7.71. The van der Waals surface area contributed by atoms with E-state index in [9.17, 15) is 4.39 Å². The number of imidazole rings is 1. The van der Waals surface area contributed by atoms with Gasteiger partial charge in [0.15, 0.2) is 4.77 Å². The lowest BCUT2D eigenvalue weighted by Gasteiger charge is -2.14. The molecule has 7 heteroatoms. The smallest absolute Gasteiger partial charge is 0.177 e. The molecule has 0 bridgehead atoms. The van der Waals surface area contributed by atoms with Gasteiger partial charge in [-0.15, -0.1) is 0 Å². The third kappa shape index (κ3) is 3.43. The van der Waals surface area contributed by atoms with Gasteiger partial charge >= 0.3 is 0 Å². The minimum absolute atomic E-state index is 0. The summed E-state index contributed by atoms with van der Waals surface area (Å²) >= 11 is 11.7. The number of hydrogen-bond acceptors (Lipinski definition) is 2. The van der Waals surface area contributed by atoms with E-state index in [1.54, 1.807) is 12.1 Å². The normalized spacial score (nSPS) is 21.4. The summed E-state index contributed by atoms with van der Waals surface area (Å²) in [6, 6.07) is 15.2. The Kier molecular flexibility index (Phi) is 5.36. The fourth-order valence-electron chi connectivity index (χ4n) is 4.70. The summed E-state index contributed by atoms with van der Waals surface area (Å²) in [6.07, 6.45) is 1.84. The van der Waals surface area contributed by atoms with Crippen LogP contribution >= 0.6 is 23.8 Å². The SMILES string of the molecule is F.Fc1ccc(Cl)cc1[C@]12C[C@H]1c1c(CCNCc3ccccc3)[nH]c(=S)n1C2. The first-order valence-corrected chi connectivity index (χ1v) is 10.4. The van der Waals surface area contributed by atoms with Crippen LogP contribution in [0.2, 0.25) is 5.02 Å². The van der Waals surface area contributed by atoms with Crippen LogP contribution < -0.4 is 5.32 Å². The Morgan fingerprint density at radius 2 is 2.03 bits per heavy atom. The van der Waals surface area contributed by atoms with E-state index >= 15 is 0 Å². The van der Waals surface area contributed by atoms with Gasteiger partial charge in [0.1, 0.15) is 5.82 Å². The van der Waals surface area contributed by atoms with Crippen molar-refractivity contribution in [1.29, 1.82) is 0 Å². The third-order valence-electron chi connectivity index (χ3n) is 6.14. The Bertz CT molecular complexity index is 1100. The molecule has 1 saturated carbocycles. The topological polar surface area (TPSA) is 32.8 Å². The molecule has 152 valence electrons. The van der Waals surface area contributed by atoms with Crippen molar-refractivity contribution in [2.75, 3.05) is 6.54 Å². The molecule has 2 N–H and O–H groups in total. The Balaban J connectivity index is 0.00000205. The van der Waals surface area contributed by atoms with Crippen molar-refractivity contribution in [2.45, 2.75) is 37.3 Å². The number of aromatic amines is 1. The lowest BCUT2D eigenvalue weighted by Crippen LogP contribution is -2.17. The molecule has 0 radical (unpaired) electrons. The minimum Gasteiger partial charge on any atom is -0.334 e. The van der Waals surface area contributed by atoms with E-state index in [-0.39, 0.29) is 15.9 Å². The largest absolute Gasteiger partial charge is 0.334 e. The predicted molar refractivity (Wildman–Crippen MR) is 114 cm³/mol. The van der Waals surface area contributed by atoms with E-state index in [2.05, 4.69) is 39.1 Å². The molecule has 2 heterocycles. The van der Waals surface area contributed by atoms with Crippen molar-refractivity contribution in [2.24, 2.45) is 0 Å². The van der Waals surface area contributed by atoms with Crippen molar-refractivity contribution in [3.05, 3.63) is 86.7 Å². The Labute approximate surface area is 178 Å². The maximum absolute atomic E-state index is 14.5. The number of aromatic nitrogens is 2. The van der Waals surface area contributed by atoms with Gasteiger partial charge in [-0.05, 0) is 48.0 Å². The van der Waals surface area contributed by atoms with Crippen molar-refractivity contribution in [3.8, 4) is 0 Å². The first-order chi connectivity index (χ1) is 13.6. The summed E-state index contributed by atoms with van der Waals surface area (Å²) in [7, 11) is 0. The number of nitrogens with one attached hydrogen (secondary N) is 2. The van der Waals surface area contributed by atoms with Gasteiger partial charge in [-0.3, -0.25) is 4.70 Å². The average molecular weight is 434 g/mol. The van der Waals surface area contributed by atoms with Crippen LogP contribution in [0, 0.1) is 10.6 Å². The van der Waals surface area contributed by atoms with E-state index in [0.717, 1.165) is 42.8 Å². The standard InChI is InChI=1S/C22H21ClFN3S.FH/c23-15-6-7-18(24)16(10-15)22-11-17(22)20-19(26-21(28)27(20)13-22)8-9-25-12-14-4-2-1-3-5-14;/h1-7,10,17,25H,8-9,11-13H2,(H,26,28);1H/t17-,22+;/m0./s1. The molecule has 2 aliphatic rings. The monoisotopic (exact) mass is 433 g/mol. The van der Waals surface area contributed by atoms with Crippen LogP contribution in [0.25, 0.3) is 0 Å². The first-order valence-electron chi connectivity index (χ1n) is 9.60. The van der Waals surface area contributed by atoms with Crippen LogP contribution in [0.3, 0.4) is 0 Å². The molecule has 3 aromatic rings. The number of fused-ring (bicyclic) bond motifs is 3. The molecule has 0 amide bonds. The number of benzene rings is 2. The average Bonchev–Trinajstić information content (AvgIpc) is 3.19. The summed E-state index contributed by atoms with van der Waals surface area (Å²) in [4.78, 5) is 3.38. The molecule has 1 aliphatic heterocycles. The van der Waals surface area contributed by atoms with Crippen LogP contribution in [0.4, 0.5) is 9.09 Å². The number of hydrogen-bond donors (Lipinski definition) is 2. The quantitative estimate of drug-likeness (QED) is 0.410. The van der Waals surface area contributed by atoms with E-state index in [1.165, 1.54) is 23.0 Å². The zero-order chi connectivity index (χ0) is 19.3. The molecule has 29 heavy (non-hydrogen) atoms. The molecule has 2 atom stereocenters. The molecule has 0 saturated heterocycles. The lowest BCUT2D eigenvalue weighted by molar-refractivity contribution is 0.530. The maximum Gasteiger partial charge on any atom is 0.177 e. The van der Waals surface area contributed by atoms with E-state index in [4.69, 9.17) is 23.8 Å². The van der Waals surface area contributed by atoms with Crippen LogP contribution in [0.5, 0.6) is 0 Å². The highest BCUT2D eigenvalue weighted by Crippen LogP contribution is 2.66. The highest BCUT2D eigenvalue weighted by Gasteiger charge is 2.63. The second-order valence-electron chi connectivity index (χ2n) is 7.83. The molecule has 0 spiro atoms. The second-order valence-corrected chi connectivity index (χ2v) is 8.65. The molecule has 0 unspecified atom stereocenters. The summed E-state index contributed by atoms with van der Waals surface area (Å²) in [5.41, 5.74) is 4.26. The highest BCUT2D eigenvalue weighted by atomic mass is 35.5. The maximum atomic E-state index is 14.5. The van der Waals surface area contributed by atoms with Gasteiger partial charge in [-0.2, -0.15) is 0 Å². The second kappa shape index (κ2) is 7.67. The Hall–Kier alpha value is -2.02. The molecule has 5 rings (SSSR count). The summed E-state index contributed by atoms with van der Waals surface area (Å²) in [5, 5.41) is 4.08. The van der Waals surface area contributed by atoms with Crippen LogP contribution in [0.15, 0.2) is 48.5 Å². The molecular weight excluding hydrogens is 412 g/mol. The Morgan fingerprint density at radius 3 is 2.83 bits per heavy atom. The van der Waals surface area contributed by atoms with Gasteiger partial charge in [-0.1, -0.05) is 41.9 Å². The molecule has 1 aliphatic carbocycles. The first kappa shape index (κ1) is 20.3. The van der Waals surface area contributed by atoms with Crippen molar-refractivity contribution in [1.82, 2.24) is 14.9 Å². The number of halogens is 3. The van der Waals surface area contributed by atoms with E-state index in [0.29, 0.717) is 10.9 Å². The van der Waals surface area contributed by atoms with Gasteiger partial charge in [0.05, 0.1) is 0 Å². The van der Waals surface area contributed by atoms with Gasteiger partial charge in [-0.25, -0.2) is 4.39 Å². The van der Waals surface area contributed by atoms with Crippen LogP contribution in [-0.4, -0.2) is 16.1 Å². The van der Waals surface area contributed by atoms with Crippen molar-refractivity contribution in [3.63, 3.8) is 0 Å². The van der Waals surface area contributed by atoms with Gasteiger partial charge in [0.2, 0.25) is 0 Å². The zero-order valence-electron chi connectivity index (χ0n) is 15.8. The van der Waals surface area contributed by atoms with Crippen molar-refractivity contribution >= 4 is 23.8 Å².